The predicted molar refractivity (Wildman–Crippen MR) is 209 cm³/mol. The van der Waals surface area contributed by atoms with Crippen molar-refractivity contribution in [2.75, 3.05) is 48.3 Å². The zero-order chi connectivity index (χ0) is 38.5. The number of carbonyl (C=O) groups excluding carboxylic acids is 2. The summed E-state index contributed by atoms with van der Waals surface area (Å²) < 4.78 is 1.71. The van der Waals surface area contributed by atoms with Gasteiger partial charge >= 0.3 is 0 Å². The summed E-state index contributed by atoms with van der Waals surface area (Å²) in [4.78, 5) is 38.0. The molecule has 7 rings (SSSR count). The Morgan fingerprint density at radius 2 is 1.80 bits per heavy atom. The Bertz CT molecular complexity index is 2110. The number of amides is 2. The molecule has 0 spiro atoms. The molecule has 284 valence electrons. The maximum Gasteiger partial charge on any atom is 0.236 e. The number of nitriles is 2. The Balaban J connectivity index is 0.891. The molecule has 14 nitrogen and oxygen atoms in total. The quantitative estimate of drug-likeness (QED) is 0.156. The third kappa shape index (κ3) is 8.56. The Hall–Kier alpha value is -5.57. The van der Waals surface area contributed by atoms with Gasteiger partial charge in [-0.15, -0.1) is 5.10 Å². The van der Waals surface area contributed by atoms with E-state index in [0.29, 0.717) is 58.3 Å². The van der Waals surface area contributed by atoms with Gasteiger partial charge in [0.05, 0.1) is 45.8 Å². The first-order valence-corrected chi connectivity index (χ1v) is 19.3. The van der Waals surface area contributed by atoms with Crippen molar-refractivity contribution in [1.29, 1.82) is 10.5 Å². The molecular formula is C40H45ClN12O2. The van der Waals surface area contributed by atoms with Crippen molar-refractivity contribution in [3.05, 3.63) is 76.8 Å². The lowest BCUT2D eigenvalue weighted by atomic mass is 9.75. The van der Waals surface area contributed by atoms with Crippen LogP contribution in [0.5, 0.6) is 0 Å². The summed E-state index contributed by atoms with van der Waals surface area (Å²) in [6.45, 7) is 8.79. The van der Waals surface area contributed by atoms with Crippen molar-refractivity contribution >= 4 is 46.4 Å². The Kier molecular flexibility index (Phi) is 11.3. The van der Waals surface area contributed by atoms with Crippen molar-refractivity contribution in [3.8, 4) is 17.8 Å². The largest absolute Gasteiger partial charge is 0.369 e. The number of anilines is 4. The van der Waals surface area contributed by atoms with Crippen LogP contribution in [-0.2, 0) is 15.0 Å². The standard InChI is InChI=1S/C40H45ClN12O2/c1-26(21-42)46-33-20-36(47-38-32(41)19-28(22-43)23-45-38)44-24-35(33)53-25-34(49-50-53)29-5-3-27(4-6-29)12-14-51-15-17-52(18-16-51)31-9-7-30(8-10-31)40(2)13-11-37(54)48-39(40)55/h7-10,19-20,23-27,29H,3-6,11-18H2,1-2H3,(H,48,54,55)(H2,44,45,46,47)/t26-,27?,29?,40-/m1/s1. The van der Waals surface area contributed by atoms with Gasteiger partial charge in [0.25, 0.3) is 0 Å². The van der Waals surface area contributed by atoms with E-state index in [1.807, 2.05) is 31.3 Å². The highest BCUT2D eigenvalue weighted by Crippen LogP contribution is 2.37. The zero-order valence-electron chi connectivity index (χ0n) is 31.1. The molecule has 15 heteroatoms. The third-order valence-corrected chi connectivity index (χ3v) is 11.7. The maximum absolute atomic E-state index is 12.6. The fourth-order valence-electron chi connectivity index (χ4n) is 7.84. The lowest BCUT2D eigenvalue weighted by Crippen LogP contribution is -2.49. The number of aromatic nitrogens is 5. The van der Waals surface area contributed by atoms with Gasteiger partial charge in [-0.05, 0) is 88.6 Å². The predicted octanol–water partition coefficient (Wildman–Crippen LogP) is 5.83. The van der Waals surface area contributed by atoms with Crippen LogP contribution < -0.4 is 20.9 Å². The van der Waals surface area contributed by atoms with Crippen LogP contribution >= 0.6 is 11.6 Å². The number of imide groups is 1. The third-order valence-electron chi connectivity index (χ3n) is 11.4. The van der Waals surface area contributed by atoms with Gasteiger partial charge in [0.1, 0.15) is 29.4 Å². The molecule has 1 aliphatic carbocycles. The first-order valence-electron chi connectivity index (χ1n) is 19.0. The molecule has 0 bridgehead atoms. The van der Waals surface area contributed by atoms with Gasteiger partial charge in [-0.3, -0.25) is 19.8 Å². The molecule has 5 heterocycles. The van der Waals surface area contributed by atoms with E-state index in [-0.39, 0.29) is 11.8 Å². The number of benzene rings is 1. The molecule has 3 fully saturated rings. The SMILES string of the molecule is C[C@H](C#N)Nc1cc(Nc2ncc(C#N)cc2Cl)ncc1-n1cc(C2CCC(CCN3CCN(c4ccc([C@@]5(C)CCC(=O)NC5=O)cc4)CC3)CC2)nn1. The van der Waals surface area contributed by atoms with Gasteiger partial charge in [0, 0.05) is 56.5 Å². The number of rotatable bonds is 11. The minimum atomic E-state index is -0.671. The first kappa shape index (κ1) is 37.7. The van der Waals surface area contributed by atoms with E-state index in [0.717, 1.165) is 69.7 Å². The van der Waals surface area contributed by atoms with Crippen molar-refractivity contribution < 1.29 is 9.59 Å². The van der Waals surface area contributed by atoms with Crippen molar-refractivity contribution in [2.45, 2.75) is 76.2 Å². The van der Waals surface area contributed by atoms with E-state index in [1.54, 1.807) is 23.9 Å². The van der Waals surface area contributed by atoms with Crippen LogP contribution in [0.1, 0.15) is 81.5 Å². The summed E-state index contributed by atoms with van der Waals surface area (Å²) in [5, 5.41) is 36.8. The average molecular weight is 761 g/mol. The van der Waals surface area contributed by atoms with Crippen LogP contribution in [0.4, 0.5) is 23.0 Å². The van der Waals surface area contributed by atoms with E-state index in [4.69, 9.17) is 16.9 Å². The molecule has 2 atom stereocenters. The second-order valence-electron chi connectivity index (χ2n) is 15.1. The molecule has 1 aromatic carbocycles. The highest BCUT2D eigenvalue weighted by molar-refractivity contribution is 6.33. The smallest absolute Gasteiger partial charge is 0.236 e. The van der Waals surface area contributed by atoms with Crippen LogP contribution in [0.2, 0.25) is 5.02 Å². The first-order chi connectivity index (χ1) is 26.6. The molecule has 3 N–H and O–H groups in total. The second-order valence-corrected chi connectivity index (χ2v) is 15.5. The fourth-order valence-corrected chi connectivity index (χ4v) is 8.05. The molecule has 3 aromatic heterocycles. The van der Waals surface area contributed by atoms with Gasteiger partial charge in [-0.2, -0.15) is 10.5 Å². The molecule has 4 aromatic rings. The number of halogens is 1. The van der Waals surface area contributed by atoms with Gasteiger partial charge in [-0.25, -0.2) is 14.6 Å². The number of nitrogens with one attached hydrogen (secondary N) is 3. The highest BCUT2D eigenvalue weighted by Gasteiger charge is 2.40. The van der Waals surface area contributed by atoms with Gasteiger partial charge in [0.2, 0.25) is 11.8 Å². The van der Waals surface area contributed by atoms with Crippen LogP contribution in [0, 0.1) is 28.6 Å². The number of carbonyl (C=O) groups is 2. The van der Waals surface area contributed by atoms with Crippen LogP contribution in [0.15, 0.2) is 55.0 Å². The van der Waals surface area contributed by atoms with Crippen LogP contribution in [-0.4, -0.2) is 80.4 Å². The molecule has 0 radical (unpaired) electrons. The monoisotopic (exact) mass is 760 g/mol. The Morgan fingerprint density at radius 1 is 1.04 bits per heavy atom. The molecular weight excluding hydrogens is 716 g/mol. The van der Waals surface area contributed by atoms with Crippen molar-refractivity contribution in [3.63, 3.8) is 0 Å². The summed E-state index contributed by atoms with van der Waals surface area (Å²) in [5.41, 5.74) is 4.09. The second kappa shape index (κ2) is 16.4. The fraction of sp³-hybridized carbons (Fsp3) is 0.450. The van der Waals surface area contributed by atoms with Gasteiger partial charge in [-0.1, -0.05) is 28.9 Å². The Labute approximate surface area is 325 Å². The summed E-state index contributed by atoms with van der Waals surface area (Å²) >= 11 is 6.32. The van der Waals surface area contributed by atoms with Crippen molar-refractivity contribution in [1.82, 2.24) is 35.2 Å². The van der Waals surface area contributed by atoms with Gasteiger partial charge in [0.15, 0.2) is 0 Å². The zero-order valence-corrected chi connectivity index (χ0v) is 31.9. The van der Waals surface area contributed by atoms with Gasteiger partial charge < -0.3 is 15.5 Å². The molecule has 3 aliphatic rings. The molecule has 55 heavy (non-hydrogen) atoms. The average Bonchev–Trinajstić information content (AvgIpc) is 3.70. The Morgan fingerprint density at radius 3 is 2.49 bits per heavy atom. The lowest BCUT2D eigenvalue weighted by molar-refractivity contribution is -0.137. The molecule has 1 saturated carbocycles. The van der Waals surface area contributed by atoms with Crippen LogP contribution in [0.25, 0.3) is 5.69 Å². The van der Waals surface area contributed by atoms with E-state index in [9.17, 15) is 14.9 Å². The maximum atomic E-state index is 12.6. The number of piperazine rings is 1. The minimum Gasteiger partial charge on any atom is -0.369 e. The molecule has 2 saturated heterocycles. The number of nitrogens with zero attached hydrogens (tertiary/aromatic N) is 9. The van der Waals surface area contributed by atoms with E-state index in [2.05, 4.69) is 64.2 Å². The minimum absolute atomic E-state index is 0.193. The lowest BCUT2D eigenvalue weighted by Gasteiger charge is -2.37. The van der Waals surface area contributed by atoms with E-state index >= 15 is 0 Å². The number of pyridine rings is 2. The van der Waals surface area contributed by atoms with E-state index < -0.39 is 11.5 Å². The number of hydrogen-bond donors (Lipinski definition) is 3. The molecule has 2 amide bonds. The summed E-state index contributed by atoms with van der Waals surface area (Å²) in [7, 11) is 0. The normalized spacial score (nSPS) is 22.3. The molecule has 2 aliphatic heterocycles. The van der Waals surface area contributed by atoms with E-state index in [1.165, 1.54) is 24.4 Å². The molecule has 0 unspecified atom stereocenters. The number of piperidine rings is 1. The summed E-state index contributed by atoms with van der Waals surface area (Å²) in [6, 6.07) is 15.4. The highest BCUT2D eigenvalue weighted by atomic mass is 35.5. The summed E-state index contributed by atoms with van der Waals surface area (Å²) in [6.07, 6.45) is 11.6. The number of hydrogen-bond acceptors (Lipinski definition) is 12. The topological polar surface area (TPSA) is 181 Å². The van der Waals surface area contributed by atoms with Crippen molar-refractivity contribution in [2.24, 2.45) is 5.92 Å². The van der Waals surface area contributed by atoms with Crippen LogP contribution in [0.3, 0.4) is 0 Å². The summed E-state index contributed by atoms with van der Waals surface area (Å²) in [5.74, 6) is 1.45.